The average molecular weight is 210 g/mol. The van der Waals surface area contributed by atoms with E-state index in [-0.39, 0.29) is 17.7 Å². The van der Waals surface area contributed by atoms with Crippen molar-refractivity contribution in [3.63, 3.8) is 0 Å². The van der Waals surface area contributed by atoms with Gasteiger partial charge >= 0.3 is 0 Å². The van der Waals surface area contributed by atoms with Crippen molar-refractivity contribution in [1.82, 2.24) is 0 Å². The molecule has 0 radical (unpaired) electrons. The van der Waals surface area contributed by atoms with Gasteiger partial charge in [0.2, 0.25) is 11.8 Å². The number of rotatable bonds is 3. The molecule has 15 heavy (non-hydrogen) atoms. The molecule has 2 atom stereocenters. The molecule has 4 nitrogen and oxygen atoms in total. The predicted octanol–water partition coefficient (Wildman–Crippen LogP) is 0.544. The Labute approximate surface area is 89.4 Å². The first kappa shape index (κ1) is 10.5. The van der Waals surface area contributed by atoms with Crippen LogP contribution in [0.2, 0.25) is 0 Å². The quantitative estimate of drug-likeness (QED) is 0.712. The zero-order valence-electron chi connectivity index (χ0n) is 8.87. The fourth-order valence-electron chi connectivity index (χ4n) is 3.42. The first-order valence-corrected chi connectivity index (χ1v) is 5.68. The fraction of sp³-hybridized carbons (Fsp3) is 0.818. The molecule has 2 amide bonds. The topological polar surface area (TPSA) is 86.2 Å². The van der Waals surface area contributed by atoms with Gasteiger partial charge in [-0.05, 0) is 31.6 Å². The van der Waals surface area contributed by atoms with Gasteiger partial charge in [0.15, 0.2) is 0 Å². The standard InChI is InChI=1S/C11H18N2O2/c12-9(14)8-5-6-11(8,10(13)15)7-3-1-2-4-7/h7-8H,1-6H2,(H2,12,14)(H2,13,15). The van der Waals surface area contributed by atoms with Crippen LogP contribution in [0.15, 0.2) is 0 Å². The maximum atomic E-state index is 11.6. The lowest BCUT2D eigenvalue weighted by Gasteiger charge is -2.49. The van der Waals surface area contributed by atoms with Gasteiger partial charge in [-0.2, -0.15) is 0 Å². The maximum absolute atomic E-state index is 11.6. The first-order valence-electron chi connectivity index (χ1n) is 5.68. The average Bonchev–Trinajstić information content (AvgIpc) is 2.53. The number of nitrogens with two attached hydrogens (primary N) is 2. The molecule has 2 aliphatic carbocycles. The Balaban J connectivity index is 2.24. The van der Waals surface area contributed by atoms with Crippen molar-refractivity contribution in [2.45, 2.75) is 38.5 Å². The molecule has 4 heteroatoms. The molecule has 0 aliphatic heterocycles. The van der Waals surface area contributed by atoms with Crippen LogP contribution in [0.1, 0.15) is 38.5 Å². The molecule has 0 aromatic carbocycles. The van der Waals surface area contributed by atoms with Crippen LogP contribution in [0.3, 0.4) is 0 Å². The summed E-state index contributed by atoms with van der Waals surface area (Å²) in [7, 11) is 0. The lowest BCUT2D eigenvalue weighted by Crippen LogP contribution is -2.58. The zero-order chi connectivity index (χ0) is 11.1. The van der Waals surface area contributed by atoms with Crippen LogP contribution in [-0.4, -0.2) is 11.8 Å². The third-order valence-corrected chi connectivity index (χ3v) is 4.35. The number of hydrogen-bond acceptors (Lipinski definition) is 2. The summed E-state index contributed by atoms with van der Waals surface area (Å²) in [6.45, 7) is 0. The van der Waals surface area contributed by atoms with Crippen molar-refractivity contribution in [3.8, 4) is 0 Å². The Bertz CT molecular complexity index is 297. The van der Waals surface area contributed by atoms with E-state index in [1.54, 1.807) is 0 Å². The second-order valence-corrected chi connectivity index (χ2v) is 4.88. The molecule has 84 valence electrons. The molecule has 0 spiro atoms. The Morgan fingerprint density at radius 1 is 1.07 bits per heavy atom. The van der Waals surface area contributed by atoms with Gasteiger partial charge < -0.3 is 11.5 Å². The van der Waals surface area contributed by atoms with Crippen LogP contribution in [-0.2, 0) is 9.59 Å². The van der Waals surface area contributed by atoms with Crippen LogP contribution in [0.5, 0.6) is 0 Å². The molecule has 0 aromatic rings. The van der Waals surface area contributed by atoms with E-state index in [0.717, 1.165) is 38.5 Å². The Morgan fingerprint density at radius 2 is 1.67 bits per heavy atom. The van der Waals surface area contributed by atoms with Gasteiger partial charge in [-0.1, -0.05) is 12.8 Å². The van der Waals surface area contributed by atoms with Crippen molar-refractivity contribution in [1.29, 1.82) is 0 Å². The summed E-state index contributed by atoms with van der Waals surface area (Å²) in [5, 5.41) is 0. The molecule has 2 unspecified atom stereocenters. The normalized spacial score (nSPS) is 36.1. The van der Waals surface area contributed by atoms with Gasteiger partial charge in [0.1, 0.15) is 0 Å². The molecule has 0 heterocycles. The van der Waals surface area contributed by atoms with Crippen LogP contribution in [0.4, 0.5) is 0 Å². The summed E-state index contributed by atoms with van der Waals surface area (Å²) >= 11 is 0. The van der Waals surface area contributed by atoms with Crippen LogP contribution in [0, 0.1) is 17.3 Å². The van der Waals surface area contributed by atoms with Crippen molar-refractivity contribution in [3.05, 3.63) is 0 Å². The molecule has 2 rings (SSSR count). The summed E-state index contributed by atoms with van der Waals surface area (Å²) in [5.74, 6) is -0.684. The molecular formula is C11H18N2O2. The summed E-state index contributed by atoms with van der Waals surface area (Å²) in [6, 6.07) is 0. The highest BCUT2D eigenvalue weighted by atomic mass is 16.2. The number of amides is 2. The fourth-order valence-corrected chi connectivity index (χ4v) is 3.42. The molecule has 2 aliphatic rings. The van der Waals surface area contributed by atoms with Crippen LogP contribution >= 0.6 is 0 Å². The largest absolute Gasteiger partial charge is 0.369 e. The minimum Gasteiger partial charge on any atom is -0.369 e. The Hall–Kier alpha value is -1.06. The van der Waals surface area contributed by atoms with E-state index < -0.39 is 5.41 Å². The van der Waals surface area contributed by atoms with E-state index in [1.807, 2.05) is 0 Å². The molecule has 0 saturated heterocycles. The van der Waals surface area contributed by atoms with Crippen molar-refractivity contribution in [2.75, 3.05) is 0 Å². The molecule has 2 saturated carbocycles. The number of carbonyl (C=O) groups excluding carboxylic acids is 2. The smallest absolute Gasteiger partial charge is 0.224 e. The van der Waals surface area contributed by atoms with Gasteiger partial charge in [0.25, 0.3) is 0 Å². The van der Waals surface area contributed by atoms with Gasteiger partial charge in [-0.15, -0.1) is 0 Å². The molecule has 0 aromatic heterocycles. The monoisotopic (exact) mass is 210 g/mol. The highest BCUT2D eigenvalue weighted by Crippen LogP contribution is 2.56. The van der Waals surface area contributed by atoms with Crippen molar-refractivity contribution < 1.29 is 9.59 Å². The maximum Gasteiger partial charge on any atom is 0.224 e. The molecule has 0 bridgehead atoms. The second kappa shape index (κ2) is 3.51. The predicted molar refractivity (Wildman–Crippen MR) is 55.5 cm³/mol. The van der Waals surface area contributed by atoms with Crippen molar-refractivity contribution >= 4 is 11.8 Å². The minimum atomic E-state index is -0.595. The summed E-state index contributed by atoms with van der Waals surface area (Å²) in [5.41, 5.74) is 10.2. The van der Waals surface area contributed by atoms with E-state index >= 15 is 0 Å². The molecule has 2 fully saturated rings. The van der Waals surface area contributed by atoms with Gasteiger partial charge in [0.05, 0.1) is 11.3 Å². The molecule has 4 N–H and O–H groups in total. The Morgan fingerprint density at radius 3 is 2.00 bits per heavy atom. The summed E-state index contributed by atoms with van der Waals surface area (Å²) in [6.07, 6.45) is 5.81. The van der Waals surface area contributed by atoms with E-state index in [2.05, 4.69) is 0 Å². The minimum absolute atomic E-state index is 0.293. The third kappa shape index (κ3) is 1.34. The Kier molecular flexibility index (Phi) is 2.44. The third-order valence-electron chi connectivity index (χ3n) is 4.35. The van der Waals surface area contributed by atoms with Gasteiger partial charge in [-0.25, -0.2) is 0 Å². The van der Waals surface area contributed by atoms with E-state index in [1.165, 1.54) is 0 Å². The second-order valence-electron chi connectivity index (χ2n) is 4.88. The van der Waals surface area contributed by atoms with Gasteiger partial charge in [0, 0.05) is 0 Å². The molecular weight excluding hydrogens is 192 g/mol. The van der Waals surface area contributed by atoms with Crippen LogP contribution in [0.25, 0.3) is 0 Å². The van der Waals surface area contributed by atoms with Gasteiger partial charge in [-0.3, -0.25) is 9.59 Å². The summed E-state index contributed by atoms with van der Waals surface area (Å²) < 4.78 is 0. The SMILES string of the molecule is NC(=O)C1CCC1(C(N)=O)C1CCCC1. The first-order chi connectivity index (χ1) is 7.09. The lowest BCUT2D eigenvalue weighted by atomic mass is 9.53. The van der Waals surface area contributed by atoms with Crippen LogP contribution < -0.4 is 11.5 Å². The van der Waals surface area contributed by atoms with E-state index in [0.29, 0.717) is 5.92 Å². The lowest BCUT2D eigenvalue weighted by molar-refractivity contribution is -0.154. The van der Waals surface area contributed by atoms with E-state index in [4.69, 9.17) is 11.5 Å². The summed E-state index contributed by atoms with van der Waals surface area (Å²) in [4.78, 5) is 22.9. The highest BCUT2D eigenvalue weighted by Gasteiger charge is 2.58. The highest BCUT2D eigenvalue weighted by molar-refractivity contribution is 5.91. The number of hydrogen-bond donors (Lipinski definition) is 2. The number of primary amides is 2. The zero-order valence-corrected chi connectivity index (χ0v) is 8.87. The van der Waals surface area contributed by atoms with E-state index in [9.17, 15) is 9.59 Å². The number of carbonyl (C=O) groups is 2. The van der Waals surface area contributed by atoms with Crippen molar-refractivity contribution in [2.24, 2.45) is 28.7 Å².